The zero-order chi connectivity index (χ0) is 18.0. The van der Waals surface area contributed by atoms with Crippen molar-refractivity contribution < 1.29 is 9.59 Å². The van der Waals surface area contributed by atoms with E-state index in [0.29, 0.717) is 13.0 Å². The summed E-state index contributed by atoms with van der Waals surface area (Å²) in [6.45, 7) is 5.78. The van der Waals surface area contributed by atoms with E-state index in [2.05, 4.69) is 20.9 Å². The van der Waals surface area contributed by atoms with Gasteiger partial charge in [-0.25, -0.2) is 0 Å². The summed E-state index contributed by atoms with van der Waals surface area (Å²) in [4.78, 5) is 26.8. The molecule has 0 aromatic rings. The second kappa shape index (κ2) is 7.85. The lowest BCUT2D eigenvalue weighted by atomic mass is 9.49. The maximum atomic E-state index is 12.4. The molecule has 26 heavy (non-hydrogen) atoms. The third-order valence-electron chi connectivity index (χ3n) is 7.11. The van der Waals surface area contributed by atoms with Crippen molar-refractivity contribution >= 4 is 11.8 Å². The van der Waals surface area contributed by atoms with Crippen LogP contribution in [0.25, 0.3) is 0 Å². The lowest BCUT2D eigenvalue weighted by Gasteiger charge is -2.56. The largest absolute Gasteiger partial charge is 0.353 e. The summed E-state index contributed by atoms with van der Waals surface area (Å²) in [5.74, 6) is 2.59. The molecule has 5 fully saturated rings. The molecule has 3 N–H and O–H groups in total. The van der Waals surface area contributed by atoms with E-state index in [1.807, 2.05) is 0 Å². The van der Waals surface area contributed by atoms with E-state index < -0.39 is 0 Å². The summed E-state index contributed by atoms with van der Waals surface area (Å²) in [6, 6.07) is 0. The van der Waals surface area contributed by atoms with Gasteiger partial charge in [-0.2, -0.15) is 0 Å². The minimum absolute atomic E-state index is 0.0704. The van der Waals surface area contributed by atoms with E-state index in [4.69, 9.17) is 0 Å². The monoisotopic (exact) mass is 362 g/mol. The molecular weight excluding hydrogens is 328 g/mol. The molecule has 4 bridgehead atoms. The number of rotatable bonds is 7. The van der Waals surface area contributed by atoms with Crippen LogP contribution in [0.5, 0.6) is 0 Å². The summed E-state index contributed by atoms with van der Waals surface area (Å²) in [6.07, 6.45) is 8.55. The molecule has 146 valence electrons. The molecule has 0 spiro atoms. The van der Waals surface area contributed by atoms with Crippen LogP contribution in [0.15, 0.2) is 0 Å². The van der Waals surface area contributed by atoms with Crippen LogP contribution < -0.4 is 16.0 Å². The Labute approximate surface area is 156 Å². The molecule has 0 unspecified atom stereocenters. The van der Waals surface area contributed by atoms with Gasteiger partial charge in [0.25, 0.3) is 0 Å². The molecule has 0 atom stereocenters. The molecular formula is C20H34N4O2. The predicted octanol–water partition coefficient (Wildman–Crippen LogP) is 0.731. The Hall–Kier alpha value is -1.14. The molecule has 2 amide bonds. The van der Waals surface area contributed by atoms with Crippen molar-refractivity contribution in [3.05, 3.63) is 0 Å². The van der Waals surface area contributed by atoms with Gasteiger partial charge in [-0.3, -0.25) is 14.5 Å². The van der Waals surface area contributed by atoms with Crippen LogP contribution in [0.2, 0.25) is 0 Å². The Morgan fingerprint density at radius 2 is 1.54 bits per heavy atom. The van der Waals surface area contributed by atoms with Crippen molar-refractivity contribution in [1.29, 1.82) is 0 Å². The Morgan fingerprint density at radius 1 is 0.923 bits per heavy atom. The SMILES string of the molecule is O=C(CNC(=O)CC12CC3CC(CC(C3)C1)C2)NCCN1CCNCC1. The molecule has 0 aromatic carbocycles. The second-order valence-corrected chi connectivity index (χ2v) is 9.31. The number of hydrogen-bond donors (Lipinski definition) is 3. The van der Waals surface area contributed by atoms with Gasteiger partial charge < -0.3 is 16.0 Å². The van der Waals surface area contributed by atoms with Crippen molar-refractivity contribution in [3.8, 4) is 0 Å². The molecule has 5 aliphatic rings. The number of nitrogens with zero attached hydrogens (tertiary/aromatic N) is 1. The van der Waals surface area contributed by atoms with Gasteiger partial charge in [0.1, 0.15) is 0 Å². The van der Waals surface area contributed by atoms with Gasteiger partial charge >= 0.3 is 0 Å². The second-order valence-electron chi connectivity index (χ2n) is 9.31. The van der Waals surface area contributed by atoms with Crippen molar-refractivity contribution in [2.24, 2.45) is 23.2 Å². The van der Waals surface area contributed by atoms with Gasteiger partial charge in [0.05, 0.1) is 6.54 Å². The molecule has 1 aliphatic heterocycles. The molecule has 4 aliphatic carbocycles. The highest BCUT2D eigenvalue weighted by atomic mass is 16.2. The third kappa shape index (κ3) is 4.39. The fraction of sp³-hybridized carbons (Fsp3) is 0.900. The summed E-state index contributed by atoms with van der Waals surface area (Å²) >= 11 is 0. The average Bonchev–Trinajstić information content (AvgIpc) is 2.59. The Kier molecular flexibility index (Phi) is 5.50. The van der Waals surface area contributed by atoms with Crippen LogP contribution in [0.1, 0.15) is 44.9 Å². The maximum Gasteiger partial charge on any atom is 0.239 e. The maximum absolute atomic E-state index is 12.4. The topological polar surface area (TPSA) is 73.5 Å². The van der Waals surface area contributed by atoms with E-state index in [0.717, 1.165) is 50.5 Å². The fourth-order valence-corrected chi connectivity index (χ4v) is 6.44. The summed E-state index contributed by atoms with van der Waals surface area (Å²) in [7, 11) is 0. The number of hydrogen-bond acceptors (Lipinski definition) is 4. The zero-order valence-electron chi connectivity index (χ0n) is 15.9. The first-order valence-corrected chi connectivity index (χ1v) is 10.6. The van der Waals surface area contributed by atoms with E-state index in [9.17, 15) is 9.59 Å². The van der Waals surface area contributed by atoms with Crippen LogP contribution in [-0.4, -0.2) is 62.5 Å². The summed E-state index contributed by atoms with van der Waals surface area (Å²) in [5.41, 5.74) is 0.248. The van der Waals surface area contributed by atoms with Gasteiger partial charge in [-0.15, -0.1) is 0 Å². The number of carbonyl (C=O) groups is 2. The summed E-state index contributed by atoms with van der Waals surface area (Å²) in [5, 5.41) is 9.12. The highest BCUT2D eigenvalue weighted by molar-refractivity contribution is 5.84. The van der Waals surface area contributed by atoms with Gasteiger partial charge in [0, 0.05) is 45.7 Å². The number of carbonyl (C=O) groups excluding carboxylic acids is 2. The number of nitrogens with one attached hydrogen (secondary N) is 3. The van der Waals surface area contributed by atoms with E-state index >= 15 is 0 Å². The highest BCUT2D eigenvalue weighted by Crippen LogP contribution is 2.61. The standard InChI is InChI=1S/C20H34N4O2/c25-18(13-20-10-15-7-16(11-20)9-17(8-15)12-20)23-14-19(26)22-3-6-24-4-1-21-2-5-24/h15-17,21H,1-14H2,(H,22,26)(H,23,25). The van der Waals surface area contributed by atoms with Gasteiger partial charge in [0.2, 0.25) is 11.8 Å². The lowest BCUT2D eigenvalue weighted by molar-refractivity contribution is -0.131. The van der Waals surface area contributed by atoms with Crippen molar-refractivity contribution in [3.63, 3.8) is 0 Å². The van der Waals surface area contributed by atoms with Crippen LogP contribution in [0, 0.1) is 23.2 Å². The fourth-order valence-electron chi connectivity index (χ4n) is 6.44. The van der Waals surface area contributed by atoms with Gasteiger partial charge in [-0.1, -0.05) is 0 Å². The van der Waals surface area contributed by atoms with Crippen LogP contribution in [0.4, 0.5) is 0 Å². The van der Waals surface area contributed by atoms with Crippen molar-refractivity contribution in [2.45, 2.75) is 44.9 Å². The first kappa shape index (κ1) is 18.2. The smallest absolute Gasteiger partial charge is 0.239 e. The molecule has 5 rings (SSSR count). The highest BCUT2D eigenvalue weighted by Gasteiger charge is 2.51. The lowest BCUT2D eigenvalue weighted by Crippen LogP contribution is -2.49. The van der Waals surface area contributed by atoms with Crippen LogP contribution in [0.3, 0.4) is 0 Å². The van der Waals surface area contributed by atoms with E-state index in [1.165, 1.54) is 38.5 Å². The molecule has 4 saturated carbocycles. The van der Waals surface area contributed by atoms with Gasteiger partial charge in [0.15, 0.2) is 0 Å². The molecule has 6 heteroatoms. The normalized spacial score (nSPS) is 36.1. The Morgan fingerprint density at radius 3 is 2.15 bits per heavy atom. The van der Waals surface area contributed by atoms with Gasteiger partial charge in [-0.05, 0) is 61.7 Å². The van der Waals surface area contributed by atoms with E-state index in [1.54, 1.807) is 0 Å². The quantitative estimate of drug-likeness (QED) is 0.624. The number of amides is 2. The molecule has 1 heterocycles. The Balaban J connectivity index is 1.14. The van der Waals surface area contributed by atoms with E-state index in [-0.39, 0.29) is 23.8 Å². The average molecular weight is 363 g/mol. The predicted molar refractivity (Wildman–Crippen MR) is 101 cm³/mol. The van der Waals surface area contributed by atoms with Crippen molar-refractivity contribution in [1.82, 2.24) is 20.9 Å². The van der Waals surface area contributed by atoms with Crippen LogP contribution in [-0.2, 0) is 9.59 Å². The van der Waals surface area contributed by atoms with Crippen molar-refractivity contribution in [2.75, 3.05) is 45.8 Å². The minimum atomic E-state index is -0.0704. The molecule has 1 saturated heterocycles. The minimum Gasteiger partial charge on any atom is -0.353 e. The molecule has 6 nitrogen and oxygen atoms in total. The summed E-state index contributed by atoms with van der Waals surface area (Å²) < 4.78 is 0. The first-order chi connectivity index (χ1) is 12.6. The zero-order valence-corrected chi connectivity index (χ0v) is 15.9. The van der Waals surface area contributed by atoms with Crippen LogP contribution >= 0.6 is 0 Å². The first-order valence-electron chi connectivity index (χ1n) is 10.6. The third-order valence-corrected chi connectivity index (χ3v) is 7.11. The molecule has 0 radical (unpaired) electrons. The Bertz CT molecular complexity index is 495. The molecule has 0 aromatic heterocycles. The number of piperazine rings is 1.